The minimum absolute atomic E-state index is 0.0139. The number of alkyl carbamates (subject to hydrolysis) is 1. The van der Waals surface area contributed by atoms with Crippen molar-refractivity contribution < 1.29 is 34.1 Å². The number of carbonyl (C=O) groups is 4. The number of amides is 2. The maximum atomic E-state index is 12.1. The first-order valence-corrected chi connectivity index (χ1v) is 9.51. The molecule has 4 N–H and O–H groups in total. The van der Waals surface area contributed by atoms with Gasteiger partial charge >= 0.3 is 12.1 Å². The minimum atomic E-state index is -1.21. The van der Waals surface area contributed by atoms with Crippen molar-refractivity contribution in [2.75, 3.05) is 6.54 Å². The molecule has 0 bridgehead atoms. The molecule has 0 unspecified atom stereocenters. The normalized spacial score (nSPS) is 18.4. The number of ether oxygens (including phenoxy) is 1. The van der Waals surface area contributed by atoms with Gasteiger partial charge in [0.1, 0.15) is 18.4 Å². The van der Waals surface area contributed by atoms with Crippen LogP contribution in [0.3, 0.4) is 0 Å². The van der Waals surface area contributed by atoms with Crippen molar-refractivity contribution in [1.82, 2.24) is 10.6 Å². The van der Waals surface area contributed by atoms with Gasteiger partial charge in [-0.2, -0.15) is 0 Å². The van der Waals surface area contributed by atoms with Gasteiger partial charge in [0.05, 0.1) is 12.5 Å². The van der Waals surface area contributed by atoms with E-state index >= 15 is 0 Å². The number of carbonyl (C=O) groups excluding carboxylic acids is 3. The summed E-state index contributed by atoms with van der Waals surface area (Å²) in [7, 11) is 0. The molecule has 0 radical (unpaired) electrons. The standard InChI is InChI=1S/C20H26N2O7/c23-15-8-4-7-14(9-15)18(19(26)27)22-17(25)10-16(24)11-21-20(28)29-12-13-5-2-1-3-6-13/h1-3,5-6,14,16,18,24H,4,7-12H2,(H,21,28)(H,22,25)(H,26,27)/t14-,16+,18+/m0/s1. The van der Waals surface area contributed by atoms with Crippen molar-refractivity contribution in [2.24, 2.45) is 5.92 Å². The summed E-state index contributed by atoms with van der Waals surface area (Å²) in [5, 5.41) is 24.0. The van der Waals surface area contributed by atoms with Crippen LogP contribution >= 0.6 is 0 Å². The number of aliphatic hydroxyl groups excluding tert-OH is 1. The quantitative estimate of drug-likeness (QED) is 0.479. The number of benzene rings is 1. The average Bonchev–Trinajstić information content (AvgIpc) is 2.69. The van der Waals surface area contributed by atoms with Crippen LogP contribution < -0.4 is 10.6 Å². The van der Waals surface area contributed by atoms with Gasteiger partial charge in [-0.25, -0.2) is 9.59 Å². The molecule has 2 rings (SSSR count). The fourth-order valence-electron chi connectivity index (χ4n) is 3.22. The number of rotatable bonds is 9. The SMILES string of the molecule is O=C1CCC[C@H]([C@@H](NC(=O)C[C@@H](O)CNC(=O)OCc2ccccc2)C(=O)O)C1. The molecule has 9 heteroatoms. The number of hydrogen-bond donors (Lipinski definition) is 4. The molecule has 0 saturated heterocycles. The minimum Gasteiger partial charge on any atom is -0.480 e. The van der Waals surface area contributed by atoms with Gasteiger partial charge < -0.3 is 25.6 Å². The smallest absolute Gasteiger partial charge is 0.407 e. The largest absolute Gasteiger partial charge is 0.480 e. The summed E-state index contributed by atoms with van der Waals surface area (Å²) in [6.45, 7) is -0.148. The Bertz CT molecular complexity index is 723. The maximum Gasteiger partial charge on any atom is 0.407 e. The van der Waals surface area contributed by atoms with Crippen LogP contribution in [0.25, 0.3) is 0 Å². The molecule has 1 aromatic carbocycles. The molecule has 158 valence electrons. The molecule has 9 nitrogen and oxygen atoms in total. The molecule has 1 aliphatic rings. The zero-order chi connectivity index (χ0) is 21.2. The first-order chi connectivity index (χ1) is 13.8. The number of ketones is 1. The molecule has 0 aliphatic heterocycles. The van der Waals surface area contributed by atoms with Gasteiger partial charge in [0.15, 0.2) is 0 Å². The fourth-order valence-corrected chi connectivity index (χ4v) is 3.22. The Hall–Kier alpha value is -2.94. The first-order valence-electron chi connectivity index (χ1n) is 9.51. The van der Waals surface area contributed by atoms with E-state index < -0.39 is 36.0 Å². The highest BCUT2D eigenvalue weighted by Gasteiger charge is 2.33. The Kier molecular flexibility index (Phi) is 8.60. The topological polar surface area (TPSA) is 142 Å². The molecule has 0 spiro atoms. The van der Waals surface area contributed by atoms with E-state index in [2.05, 4.69) is 10.6 Å². The summed E-state index contributed by atoms with van der Waals surface area (Å²) in [5.41, 5.74) is 0.809. The van der Waals surface area contributed by atoms with E-state index in [1.165, 1.54) is 0 Å². The van der Waals surface area contributed by atoms with E-state index in [1.54, 1.807) is 12.1 Å². The molecule has 1 aromatic rings. The van der Waals surface area contributed by atoms with E-state index in [0.29, 0.717) is 19.3 Å². The highest BCUT2D eigenvalue weighted by atomic mass is 16.5. The summed E-state index contributed by atoms with van der Waals surface area (Å²) < 4.78 is 5.00. The van der Waals surface area contributed by atoms with Crippen molar-refractivity contribution in [1.29, 1.82) is 0 Å². The van der Waals surface area contributed by atoms with Crippen LogP contribution in [0.5, 0.6) is 0 Å². The lowest BCUT2D eigenvalue weighted by Crippen LogP contribution is -2.48. The summed E-state index contributed by atoms with van der Waals surface area (Å²) >= 11 is 0. The molecule has 0 aromatic heterocycles. The van der Waals surface area contributed by atoms with Gasteiger partial charge in [0, 0.05) is 19.4 Å². The zero-order valence-corrected chi connectivity index (χ0v) is 16.0. The molecule has 1 fully saturated rings. The van der Waals surface area contributed by atoms with Crippen LogP contribution in [0.15, 0.2) is 30.3 Å². The lowest BCUT2D eigenvalue weighted by Gasteiger charge is -2.27. The number of nitrogens with one attached hydrogen (secondary N) is 2. The van der Waals surface area contributed by atoms with Crippen LogP contribution in [0, 0.1) is 5.92 Å². The predicted molar refractivity (Wildman–Crippen MR) is 102 cm³/mol. The number of carboxylic acid groups (broad SMARTS) is 1. The third kappa shape index (κ3) is 7.90. The molecule has 1 saturated carbocycles. The van der Waals surface area contributed by atoms with E-state index in [-0.39, 0.29) is 31.8 Å². The van der Waals surface area contributed by atoms with Crippen LogP contribution in [0.1, 0.15) is 37.7 Å². The Balaban J connectivity index is 1.72. The second kappa shape index (κ2) is 11.2. The average molecular weight is 406 g/mol. The third-order valence-corrected chi connectivity index (χ3v) is 4.69. The maximum absolute atomic E-state index is 12.1. The van der Waals surface area contributed by atoms with Crippen LogP contribution in [-0.4, -0.2) is 52.7 Å². The molecule has 2 amide bonds. The highest BCUT2D eigenvalue weighted by Crippen LogP contribution is 2.24. The van der Waals surface area contributed by atoms with Gasteiger partial charge in [-0.15, -0.1) is 0 Å². The Morgan fingerprint density at radius 1 is 1.21 bits per heavy atom. The van der Waals surface area contributed by atoms with Gasteiger partial charge in [0.25, 0.3) is 0 Å². The van der Waals surface area contributed by atoms with Crippen LogP contribution in [0.2, 0.25) is 0 Å². The number of hydrogen-bond acceptors (Lipinski definition) is 6. The monoisotopic (exact) mass is 406 g/mol. The van der Waals surface area contributed by atoms with E-state index in [4.69, 9.17) is 4.74 Å². The third-order valence-electron chi connectivity index (χ3n) is 4.69. The predicted octanol–water partition coefficient (Wildman–Crippen LogP) is 0.992. The molecule has 29 heavy (non-hydrogen) atoms. The summed E-state index contributed by atoms with van der Waals surface area (Å²) in [4.78, 5) is 46.8. The van der Waals surface area contributed by atoms with E-state index in [1.807, 2.05) is 18.2 Å². The number of carboxylic acids is 1. The number of aliphatic carboxylic acids is 1. The summed E-state index contributed by atoms with van der Waals surface area (Å²) in [6, 6.07) is 7.88. The molecular formula is C20H26N2O7. The van der Waals surface area contributed by atoms with Crippen LogP contribution in [0.4, 0.5) is 4.79 Å². The molecule has 1 aliphatic carbocycles. The van der Waals surface area contributed by atoms with Crippen molar-refractivity contribution in [3.05, 3.63) is 35.9 Å². The van der Waals surface area contributed by atoms with E-state index in [0.717, 1.165) is 5.56 Å². The van der Waals surface area contributed by atoms with Gasteiger partial charge in [-0.3, -0.25) is 9.59 Å². The lowest BCUT2D eigenvalue weighted by atomic mass is 9.83. The van der Waals surface area contributed by atoms with E-state index in [9.17, 15) is 29.4 Å². The van der Waals surface area contributed by atoms with Crippen molar-refractivity contribution in [3.63, 3.8) is 0 Å². The number of aliphatic hydroxyl groups is 1. The fraction of sp³-hybridized carbons (Fsp3) is 0.500. The Morgan fingerprint density at radius 3 is 2.59 bits per heavy atom. The van der Waals surface area contributed by atoms with Gasteiger partial charge in [-0.05, 0) is 24.3 Å². The first kappa shape index (κ1) is 22.4. The second-order valence-electron chi connectivity index (χ2n) is 7.08. The summed E-state index contributed by atoms with van der Waals surface area (Å²) in [5.74, 6) is -2.35. The second-order valence-corrected chi connectivity index (χ2v) is 7.08. The van der Waals surface area contributed by atoms with Gasteiger partial charge in [0.2, 0.25) is 5.91 Å². The zero-order valence-electron chi connectivity index (χ0n) is 16.0. The molecule has 0 heterocycles. The molecular weight excluding hydrogens is 380 g/mol. The number of Topliss-reactive ketones (excluding diaryl/α,β-unsaturated/α-hetero) is 1. The van der Waals surface area contributed by atoms with Crippen molar-refractivity contribution in [3.8, 4) is 0 Å². The Labute approximate surface area is 168 Å². The van der Waals surface area contributed by atoms with Crippen molar-refractivity contribution >= 4 is 23.8 Å². The highest BCUT2D eigenvalue weighted by molar-refractivity contribution is 5.86. The van der Waals surface area contributed by atoms with Crippen molar-refractivity contribution in [2.45, 2.75) is 50.9 Å². The summed E-state index contributed by atoms with van der Waals surface area (Å²) in [6.07, 6.45) is -0.639. The van der Waals surface area contributed by atoms with Crippen LogP contribution in [-0.2, 0) is 25.7 Å². The van der Waals surface area contributed by atoms with Gasteiger partial charge in [-0.1, -0.05) is 30.3 Å². The molecule has 3 atom stereocenters. The lowest BCUT2D eigenvalue weighted by molar-refractivity contribution is -0.144. The Morgan fingerprint density at radius 2 is 1.93 bits per heavy atom.